The molecule has 204 valence electrons. The van der Waals surface area contributed by atoms with Gasteiger partial charge in [-0.2, -0.15) is 35.5 Å². The summed E-state index contributed by atoms with van der Waals surface area (Å²) < 4.78 is 80.7. The molecule has 0 aliphatic carbocycles. The summed E-state index contributed by atoms with van der Waals surface area (Å²) in [6.07, 6.45) is -3.83. The smallest absolute Gasteiger partial charge is 0.348 e. The van der Waals surface area contributed by atoms with Crippen molar-refractivity contribution >= 4 is 22.0 Å². The lowest BCUT2D eigenvalue weighted by Gasteiger charge is -2.41. The van der Waals surface area contributed by atoms with Gasteiger partial charge in [0.25, 0.3) is 10.2 Å². The third kappa shape index (κ3) is 6.22. The van der Waals surface area contributed by atoms with E-state index in [-0.39, 0.29) is 37.7 Å². The lowest BCUT2D eigenvalue weighted by molar-refractivity contribution is -0.142. The predicted octanol–water partition coefficient (Wildman–Crippen LogP) is 2.28. The summed E-state index contributed by atoms with van der Waals surface area (Å²) >= 11 is 0. The van der Waals surface area contributed by atoms with Crippen LogP contribution < -0.4 is 5.32 Å². The Morgan fingerprint density at radius 3 is 2.41 bits per heavy atom. The number of hydrogen-bond donors (Lipinski definition) is 1. The molecule has 2 unspecified atom stereocenters. The van der Waals surface area contributed by atoms with Gasteiger partial charge in [0.2, 0.25) is 11.8 Å². The summed E-state index contributed by atoms with van der Waals surface area (Å²) in [7, 11) is -2.40. The largest absolute Gasteiger partial charge is 0.416 e. The number of benzene rings is 1. The van der Waals surface area contributed by atoms with E-state index in [1.807, 2.05) is 6.07 Å². The molecule has 3 rings (SSSR count). The van der Waals surface area contributed by atoms with Crippen LogP contribution in [0.15, 0.2) is 18.2 Å². The fourth-order valence-electron chi connectivity index (χ4n) is 4.35. The minimum atomic E-state index is -4.70. The van der Waals surface area contributed by atoms with Crippen molar-refractivity contribution in [2.24, 2.45) is 11.8 Å². The summed E-state index contributed by atoms with van der Waals surface area (Å²) in [6.45, 7) is 3.28. The maximum absolute atomic E-state index is 14.3. The summed E-state index contributed by atoms with van der Waals surface area (Å²) in [5.41, 5.74) is -1.28. The summed E-state index contributed by atoms with van der Waals surface area (Å²) in [5, 5.41) is 11.4. The van der Waals surface area contributed by atoms with E-state index in [1.54, 1.807) is 0 Å². The van der Waals surface area contributed by atoms with E-state index in [9.17, 15) is 35.6 Å². The lowest BCUT2D eigenvalue weighted by atomic mass is 9.97. The Kier molecular flexibility index (Phi) is 8.50. The van der Waals surface area contributed by atoms with E-state index < -0.39 is 57.6 Å². The molecule has 37 heavy (non-hydrogen) atoms. The minimum Gasteiger partial charge on any atom is -0.348 e. The molecule has 1 N–H and O–H groups in total. The minimum absolute atomic E-state index is 0.0548. The standard InChI is InChI=1S/C23H29F4N5O4S/c1-14(19-7-6-18(9-20(19)24)23(25,26)27)29-21(33)15(2)30(3)22(34)17-5-4-8-31(13-17)37(35,36)32-11-16(10-28)12-32/h6-7,9,14-17H,4-5,8,11-13H2,1-3H3,(H,29,33)/t14?,15?,17-/m0/s1. The van der Waals surface area contributed by atoms with Gasteiger partial charge in [-0.05, 0) is 38.8 Å². The van der Waals surface area contributed by atoms with Crippen LogP contribution in [0.4, 0.5) is 17.6 Å². The van der Waals surface area contributed by atoms with Crippen molar-refractivity contribution in [1.29, 1.82) is 5.26 Å². The number of rotatable bonds is 7. The third-order valence-electron chi connectivity index (χ3n) is 6.88. The fraction of sp³-hybridized carbons (Fsp3) is 0.609. The number of halogens is 4. The van der Waals surface area contributed by atoms with Crippen molar-refractivity contribution in [3.63, 3.8) is 0 Å². The van der Waals surface area contributed by atoms with Crippen LogP contribution in [0.1, 0.15) is 43.9 Å². The van der Waals surface area contributed by atoms with E-state index in [4.69, 9.17) is 5.26 Å². The average molecular weight is 548 g/mol. The van der Waals surface area contributed by atoms with Crippen molar-refractivity contribution in [2.45, 2.75) is 44.9 Å². The van der Waals surface area contributed by atoms with Crippen LogP contribution in [-0.2, 0) is 26.0 Å². The summed E-state index contributed by atoms with van der Waals surface area (Å²) in [4.78, 5) is 27.1. The van der Waals surface area contributed by atoms with Crippen LogP contribution in [-0.4, -0.2) is 73.0 Å². The molecule has 1 aromatic carbocycles. The zero-order valence-electron chi connectivity index (χ0n) is 20.6. The molecular weight excluding hydrogens is 518 g/mol. The Bertz CT molecular complexity index is 1180. The van der Waals surface area contributed by atoms with Gasteiger partial charge in [0.1, 0.15) is 11.9 Å². The Morgan fingerprint density at radius 2 is 1.84 bits per heavy atom. The molecule has 0 aromatic heterocycles. The van der Waals surface area contributed by atoms with Gasteiger partial charge in [-0.25, -0.2) is 4.39 Å². The molecule has 2 saturated heterocycles. The molecule has 14 heteroatoms. The number of piperidine rings is 1. The number of hydrogen-bond acceptors (Lipinski definition) is 5. The summed E-state index contributed by atoms with van der Waals surface area (Å²) in [6, 6.07) is 2.08. The van der Waals surface area contributed by atoms with Gasteiger partial charge in [0, 0.05) is 38.8 Å². The highest BCUT2D eigenvalue weighted by atomic mass is 32.2. The first-order valence-electron chi connectivity index (χ1n) is 11.7. The van der Waals surface area contributed by atoms with Crippen LogP contribution >= 0.6 is 0 Å². The number of carbonyl (C=O) groups excluding carboxylic acids is 2. The zero-order valence-corrected chi connectivity index (χ0v) is 21.4. The van der Waals surface area contributed by atoms with E-state index in [1.165, 1.54) is 34.4 Å². The van der Waals surface area contributed by atoms with E-state index >= 15 is 0 Å². The molecular formula is C23H29F4N5O4S. The monoisotopic (exact) mass is 547 g/mol. The van der Waals surface area contributed by atoms with Crippen LogP contribution in [0, 0.1) is 29.0 Å². The molecule has 2 aliphatic rings. The van der Waals surface area contributed by atoms with Gasteiger partial charge in [0.15, 0.2) is 0 Å². The number of amides is 2. The zero-order chi connectivity index (χ0) is 27.7. The van der Waals surface area contributed by atoms with Crippen molar-refractivity contribution in [3.8, 4) is 6.07 Å². The normalized spacial score (nSPS) is 21.4. The highest BCUT2D eigenvalue weighted by molar-refractivity contribution is 7.86. The highest BCUT2D eigenvalue weighted by Crippen LogP contribution is 2.31. The molecule has 9 nitrogen and oxygen atoms in total. The molecule has 2 heterocycles. The first kappa shape index (κ1) is 28.8. The van der Waals surface area contributed by atoms with E-state index in [0.717, 1.165) is 12.1 Å². The van der Waals surface area contributed by atoms with Crippen molar-refractivity contribution in [3.05, 3.63) is 35.1 Å². The SMILES string of the molecule is CC(NC(=O)C(C)N(C)C(=O)[C@H]1CCCN(S(=O)(=O)N2CC(C#N)C2)C1)c1ccc(C(F)(F)F)cc1F. The Hall–Kier alpha value is -2.76. The van der Waals surface area contributed by atoms with Gasteiger partial charge < -0.3 is 10.2 Å². The number of likely N-dealkylation sites (N-methyl/N-ethyl adjacent to an activating group) is 1. The molecule has 3 atom stereocenters. The van der Waals surface area contributed by atoms with Gasteiger partial charge in [0.05, 0.1) is 29.5 Å². The first-order chi connectivity index (χ1) is 17.2. The van der Waals surface area contributed by atoms with Gasteiger partial charge in [-0.1, -0.05) is 6.07 Å². The summed E-state index contributed by atoms with van der Waals surface area (Å²) in [5.74, 6) is -3.23. The van der Waals surface area contributed by atoms with Gasteiger partial charge in [-0.15, -0.1) is 0 Å². The number of carbonyl (C=O) groups is 2. The maximum Gasteiger partial charge on any atom is 0.416 e. The molecule has 2 aliphatic heterocycles. The highest BCUT2D eigenvalue weighted by Gasteiger charge is 2.42. The Morgan fingerprint density at radius 1 is 1.19 bits per heavy atom. The Balaban J connectivity index is 1.61. The quantitative estimate of drug-likeness (QED) is 0.527. The van der Waals surface area contributed by atoms with Crippen LogP contribution in [0.3, 0.4) is 0 Å². The van der Waals surface area contributed by atoms with E-state index in [0.29, 0.717) is 18.9 Å². The molecule has 0 saturated carbocycles. The molecule has 0 radical (unpaired) electrons. The molecule has 2 fully saturated rings. The first-order valence-corrected chi connectivity index (χ1v) is 13.1. The van der Waals surface area contributed by atoms with Crippen LogP contribution in [0.2, 0.25) is 0 Å². The Labute approximate surface area is 213 Å². The van der Waals surface area contributed by atoms with E-state index in [2.05, 4.69) is 5.32 Å². The number of nitrogens with zero attached hydrogens (tertiary/aromatic N) is 4. The molecule has 1 aromatic rings. The second-order valence-electron chi connectivity index (χ2n) is 9.44. The van der Waals surface area contributed by atoms with Crippen molar-refractivity contribution in [2.75, 3.05) is 33.2 Å². The average Bonchev–Trinajstić information content (AvgIpc) is 2.81. The second kappa shape index (κ2) is 10.9. The van der Waals surface area contributed by atoms with Crippen LogP contribution in [0.25, 0.3) is 0 Å². The topological polar surface area (TPSA) is 114 Å². The lowest BCUT2D eigenvalue weighted by Crippen LogP contribution is -2.57. The molecule has 2 amide bonds. The number of nitrogens with one attached hydrogen (secondary N) is 1. The van der Waals surface area contributed by atoms with Crippen molar-refractivity contribution in [1.82, 2.24) is 18.8 Å². The second-order valence-corrected chi connectivity index (χ2v) is 11.4. The maximum atomic E-state index is 14.3. The van der Waals surface area contributed by atoms with Gasteiger partial charge >= 0.3 is 6.18 Å². The van der Waals surface area contributed by atoms with Crippen LogP contribution in [0.5, 0.6) is 0 Å². The van der Waals surface area contributed by atoms with Gasteiger partial charge in [-0.3, -0.25) is 9.59 Å². The fourth-order valence-corrected chi connectivity index (χ4v) is 6.14. The number of nitriles is 1. The van der Waals surface area contributed by atoms with Crippen molar-refractivity contribution < 1.29 is 35.6 Å². The number of alkyl halides is 3. The molecule has 0 spiro atoms. The molecule has 0 bridgehead atoms. The third-order valence-corrected chi connectivity index (χ3v) is 8.81. The predicted molar refractivity (Wildman–Crippen MR) is 124 cm³/mol.